The number of azo groups is 1. The van der Waals surface area contributed by atoms with Gasteiger partial charge in [0.1, 0.15) is 29.5 Å². The second kappa shape index (κ2) is 18.8. The molecule has 0 heterocycles. The van der Waals surface area contributed by atoms with Crippen LogP contribution in [-0.2, 0) is 16.3 Å². The summed E-state index contributed by atoms with van der Waals surface area (Å²) in [4.78, 5) is 24.5. The number of carbonyl (C=O) groups excluding carboxylic acids is 1. The van der Waals surface area contributed by atoms with Gasteiger partial charge in [0.15, 0.2) is 5.78 Å². The molecule has 0 aromatic heterocycles. The van der Waals surface area contributed by atoms with Gasteiger partial charge in [0.25, 0.3) is 0 Å². The van der Waals surface area contributed by atoms with Crippen LogP contribution in [0.1, 0.15) is 34.0 Å². The first-order valence-corrected chi connectivity index (χ1v) is 18.7. The van der Waals surface area contributed by atoms with E-state index >= 15 is 0 Å². The first-order valence-electron chi connectivity index (χ1n) is 18.7. The maximum atomic E-state index is 11.5. The third kappa shape index (κ3) is 10.1. The number of Topliss-reactive ketones (excluding diaryl/α,β-unsaturated/α-hetero) is 1. The Kier molecular flexibility index (Phi) is 12.5. The number of hydrogen-bond acceptors (Lipinski definition) is 11. The SMILES string of the molecule is COc1ccc(N(c2ccc(C=Cc3ccc(NO/C=N/OCc4ccc5c(N=Nc6ccc(C(C)=O)cc6)c(O)ccc5c4)cc3)cc2)c2ccc(OC)cc2)cc1. The van der Waals surface area contributed by atoms with Gasteiger partial charge in [-0.2, -0.15) is 5.11 Å². The number of methoxy groups -OCH3 is 2. The Morgan fingerprint density at radius 2 is 1.25 bits per heavy atom. The van der Waals surface area contributed by atoms with E-state index in [1.807, 2.05) is 91.0 Å². The fourth-order valence-electron chi connectivity index (χ4n) is 6.17. The molecule has 11 nitrogen and oxygen atoms in total. The fraction of sp³-hybridized carbons (Fsp3) is 0.0833. The molecule has 2 N–H and O–H groups in total. The minimum Gasteiger partial charge on any atom is -0.506 e. The quantitative estimate of drug-likeness (QED) is 0.0248. The van der Waals surface area contributed by atoms with E-state index in [0.717, 1.165) is 61.7 Å². The molecule has 0 fully saturated rings. The number of ether oxygens (including phenoxy) is 2. The van der Waals surface area contributed by atoms with E-state index in [4.69, 9.17) is 19.1 Å². The molecule has 0 spiro atoms. The molecule has 0 unspecified atom stereocenters. The van der Waals surface area contributed by atoms with E-state index in [1.165, 1.54) is 13.3 Å². The normalized spacial score (nSPS) is 11.3. The summed E-state index contributed by atoms with van der Waals surface area (Å²) < 4.78 is 10.8. The van der Waals surface area contributed by atoms with Gasteiger partial charge in [0.2, 0.25) is 6.40 Å². The Morgan fingerprint density at radius 3 is 1.83 bits per heavy atom. The lowest BCUT2D eigenvalue weighted by molar-refractivity contribution is 0.101. The third-order valence-corrected chi connectivity index (χ3v) is 9.34. The van der Waals surface area contributed by atoms with Gasteiger partial charge in [-0.15, -0.1) is 5.11 Å². The van der Waals surface area contributed by atoms with E-state index in [9.17, 15) is 9.90 Å². The van der Waals surface area contributed by atoms with Crippen molar-refractivity contribution in [1.29, 1.82) is 0 Å². The maximum absolute atomic E-state index is 11.5. The standard InChI is InChI=1S/C48H41N5O6/c1-33(54)37-11-16-39(17-12-37)50-51-48-46-28-10-36(30-38(46)13-29-47(48)55)31-58-49-32-59-52-40-14-6-34(7-15-40)4-5-35-8-18-41(19-9-35)53(42-20-24-44(56-2)25-21-42)43-22-26-45(57-3)27-23-43/h4-30,32,52,55H,31H2,1-3H3/b5-4?,49-32+,51-50?. The summed E-state index contributed by atoms with van der Waals surface area (Å²) in [5.74, 6) is 1.58. The highest BCUT2D eigenvalue weighted by molar-refractivity contribution is 5.96. The Bertz CT molecular complexity index is 2540. The third-order valence-electron chi connectivity index (χ3n) is 9.34. The van der Waals surface area contributed by atoms with E-state index in [-0.39, 0.29) is 18.1 Å². The summed E-state index contributed by atoms with van der Waals surface area (Å²) in [6.07, 6.45) is 5.31. The van der Waals surface area contributed by atoms with Crippen LogP contribution >= 0.6 is 0 Å². The van der Waals surface area contributed by atoms with Gasteiger partial charge < -0.3 is 29.2 Å². The number of anilines is 4. The van der Waals surface area contributed by atoms with Gasteiger partial charge in [-0.05, 0) is 138 Å². The first kappa shape index (κ1) is 39.3. The van der Waals surface area contributed by atoms with Crippen molar-refractivity contribution in [2.45, 2.75) is 13.5 Å². The van der Waals surface area contributed by atoms with Crippen molar-refractivity contribution in [3.8, 4) is 17.2 Å². The van der Waals surface area contributed by atoms with E-state index in [1.54, 1.807) is 50.6 Å². The lowest BCUT2D eigenvalue weighted by Gasteiger charge is -2.26. The molecule has 0 saturated carbocycles. The molecule has 0 radical (unpaired) electrons. The molecule has 11 heteroatoms. The number of carbonyl (C=O) groups is 1. The minimum absolute atomic E-state index is 0.00728. The zero-order valence-electron chi connectivity index (χ0n) is 32.7. The Hall–Kier alpha value is -7.92. The van der Waals surface area contributed by atoms with Gasteiger partial charge in [0.05, 0.1) is 25.6 Å². The van der Waals surface area contributed by atoms with Crippen molar-refractivity contribution in [3.63, 3.8) is 0 Å². The van der Waals surface area contributed by atoms with Crippen molar-refractivity contribution in [2.24, 2.45) is 15.4 Å². The fourth-order valence-corrected chi connectivity index (χ4v) is 6.17. The molecule has 0 aliphatic heterocycles. The highest BCUT2D eigenvalue weighted by atomic mass is 16.7. The average molecular weight is 784 g/mol. The van der Waals surface area contributed by atoms with Gasteiger partial charge in [-0.3, -0.25) is 4.79 Å². The van der Waals surface area contributed by atoms with Crippen LogP contribution in [0.4, 0.5) is 34.1 Å². The van der Waals surface area contributed by atoms with Crippen LogP contribution in [0, 0.1) is 0 Å². The van der Waals surface area contributed by atoms with Crippen molar-refractivity contribution < 1.29 is 29.0 Å². The Morgan fingerprint density at radius 1 is 0.678 bits per heavy atom. The van der Waals surface area contributed by atoms with Crippen LogP contribution in [0.2, 0.25) is 0 Å². The van der Waals surface area contributed by atoms with Crippen molar-refractivity contribution in [3.05, 3.63) is 174 Å². The van der Waals surface area contributed by atoms with Crippen molar-refractivity contribution >= 4 is 69.2 Å². The molecule has 0 bridgehead atoms. The molecule has 0 saturated heterocycles. The molecule has 0 aliphatic rings. The van der Waals surface area contributed by atoms with Crippen LogP contribution in [-0.4, -0.2) is 31.5 Å². The summed E-state index contributed by atoms with van der Waals surface area (Å²) in [6.45, 7) is 1.71. The molecule has 294 valence electrons. The molecule has 7 rings (SSSR count). The molecule has 0 atom stereocenters. The Labute approximate surface area is 342 Å². The lowest BCUT2D eigenvalue weighted by Crippen LogP contribution is -2.09. The number of nitrogens with zero attached hydrogens (tertiary/aromatic N) is 4. The largest absolute Gasteiger partial charge is 0.506 e. The van der Waals surface area contributed by atoms with Gasteiger partial charge in [-0.1, -0.05) is 59.8 Å². The second-order valence-corrected chi connectivity index (χ2v) is 13.3. The van der Waals surface area contributed by atoms with Crippen molar-refractivity contribution in [2.75, 3.05) is 24.6 Å². The molecular weight excluding hydrogens is 743 g/mol. The molecule has 7 aromatic carbocycles. The summed E-state index contributed by atoms with van der Waals surface area (Å²) in [6, 6.07) is 47.9. The molecular formula is C48H41N5O6. The number of hydrogen-bond donors (Lipinski definition) is 2. The zero-order chi connectivity index (χ0) is 41.0. The molecule has 59 heavy (non-hydrogen) atoms. The van der Waals surface area contributed by atoms with Crippen LogP contribution in [0.5, 0.6) is 17.2 Å². The first-order chi connectivity index (χ1) is 28.9. The number of benzene rings is 7. The average Bonchev–Trinajstić information content (AvgIpc) is 3.28. The number of rotatable bonds is 16. The molecule has 0 aliphatic carbocycles. The van der Waals surface area contributed by atoms with Crippen LogP contribution in [0.3, 0.4) is 0 Å². The number of oxime groups is 1. The zero-order valence-corrected chi connectivity index (χ0v) is 32.7. The van der Waals surface area contributed by atoms with Gasteiger partial charge in [0, 0.05) is 28.0 Å². The minimum atomic E-state index is -0.0259. The predicted octanol–water partition coefficient (Wildman–Crippen LogP) is 12.3. The molecule has 7 aromatic rings. The smallest absolute Gasteiger partial charge is 0.245 e. The van der Waals surface area contributed by atoms with Gasteiger partial charge >= 0.3 is 0 Å². The Balaban J connectivity index is 0.899. The van der Waals surface area contributed by atoms with Crippen molar-refractivity contribution in [1.82, 2.24) is 0 Å². The number of fused-ring (bicyclic) bond motifs is 1. The number of ketones is 1. The lowest BCUT2D eigenvalue weighted by atomic mass is 10.1. The summed E-state index contributed by atoms with van der Waals surface area (Å²) in [5.41, 5.74) is 11.1. The summed E-state index contributed by atoms with van der Waals surface area (Å²) in [7, 11) is 3.32. The highest BCUT2D eigenvalue weighted by Crippen LogP contribution is 2.38. The monoisotopic (exact) mass is 783 g/mol. The molecule has 0 amide bonds. The van der Waals surface area contributed by atoms with E-state index in [0.29, 0.717) is 16.9 Å². The van der Waals surface area contributed by atoms with E-state index < -0.39 is 0 Å². The number of aromatic hydroxyl groups is 1. The summed E-state index contributed by atoms with van der Waals surface area (Å²) in [5, 5.41) is 24.5. The van der Waals surface area contributed by atoms with Crippen LogP contribution in [0.25, 0.3) is 22.9 Å². The summed E-state index contributed by atoms with van der Waals surface area (Å²) >= 11 is 0. The number of phenolic OH excluding ortho intramolecular Hbond substituents is 1. The van der Waals surface area contributed by atoms with E-state index in [2.05, 4.69) is 62.2 Å². The van der Waals surface area contributed by atoms with Crippen LogP contribution < -0.4 is 19.9 Å². The van der Waals surface area contributed by atoms with Crippen LogP contribution in [0.15, 0.2) is 167 Å². The van der Waals surface area contributed by atoms with Gasteiger partial charge in [-0.25, -0.2) is 5.48 Å². The highest BCUT2D eigenvalue weighted by Gasteiger charge is 2.13. The number of nitrogens with one attached hydrogen (secondary N) is 1. The topological polar surface area (TPSA) is 127 Å². The predicted molar refractivity (Wildman–Crippen MR) is 234 cm³/mol. The second-order valence-electron chi connectivity index (χ2n) is 13.3. The maximum Gasteiger partial charge on any atom is 0.245 e. The number of phenols is 1.